The third-order valence-corrected chi connectivity index (χ3v) is 5.60. The number of nitrogens with zero attached hydrogens (tertiary/aromatic N) is 4. The number of carbonyl (C=O) groups is 1. The lowest BCUT2D eigenvalue weighted by Gasteiger charge is -2.24. The van der Waals surface area contributed by atoms with Gasteiger partial charge >= 0.3 is 0 Å². The van der Waals surface area contributed by atoms with Gasteiger partial charge in [-0.1, -0.05) is 18.2 Å². The number of rotatable bonds is 5. The molecule has 2 aromatic heterocycles. The summed E-state index contributed by atoms with van der Waals surface area (Å²) in [6.45, 7) is 3.54. The lowest BCUT2D eigenvalue weighted by molar-refractivity contribution is 0.0950. The van der Waals surface area contributed by atoms with E-state index in [-0.39, 0.29) is 5.91 Å². The molecule has 0 bridgehead atoms. The summed E-state index contributed by atoms with van der Waals surface area (Å²) in [4.78, 5) is 19.4. The van der Waals surface area contributed by atoms with Crippen molar-refractivity contribution in [2.75, 3.05) is 18.0 Å². The van der Waals surface area contributed by atoms with Crippen LogP contribution in [0.2, 0.25) is 0 Å². The number of amides is 1. The van der Waals surface area contributed by atoms with Crippen molar-refractivity contribution in [1.82, 2.24) is 20.1 Å². The van der Waals surface area contributed by atoms with E-state index in [2.05, 4.69) is 20.3 Å². The minimum atomic E-state index is -0.0735. The largest absolute Gasteiger partial charge is 0.350 e. The van der Waals surface area contributed by atoms with Gasteiger partial charge in [0.25, 0.3) is 5.91 Å². The average molecular weight is 367 g/mol. The number of aromatic nitrogens is 3. The molecule has 134 valence electrons. The Morgan fingerprint density at radius 1 is 1.35 bits per heavy atom. The van der Waals surface area contributed by atoms with Crippen LogP contribution in [0.4, 0.5) is 5.13 Å². The van der Waals surface area contributed by atoms with Gasteiger partial charge in [0.1, 0.15) is 0 Å². The fourth-order valence-electron chi connectivity index (χ4n) is 3.43. The normalized spacial score (nSPS) is 16.8. The Morgan fingerprint density at radius 3 is 2.96 bits per heavy atom. The Kier molecular flexibility index (Phi) is 4.71. The van der Waals surface area contributed by atoms with Gasteiger partial charge in [-0.15, -0.1) is 11.3 Å². The minimum Gasteiger partial charge on any atom is -0.350 e. The third-order valence-electron chi connectivity index (χ3n) is 4.80. The highest BCUT2D eigenvalue weighted by atomic mass is 32.1. The lowest BCUT2D eigenvalue weighted by atomic mass is 10.2. The molecule has 1 aliphatic rings. The minimum absolute atomic E-state index is 0.0735. The second-order valence-electron chi connectivity index (χ2n) is 6.41. The van der Waals surface area contributed by atoms with Crippen molar-refractivity contribution >= 4 is 22.4 Å². The maximum absolute atomic E-state index is 12.7. The number of nitrogens with one attached hydrogen (secondary N) is 1. The van der Waals surface area contributed by atoms with Crippen LogP contribution in [-0.4, -0.2) is 39.8 Å². The third kappa shape index (κ3) is 3.22. The summed E-state index contributed by atoms with van der Waals surface area (Å²) < 4.78 is 1.80. The molecule has 1 N–H and O–H groups in total. The van der Waals surface area contributed by atoms with E-state index in [1.54, 1.807) is 22.2 Å². The van der Waals surface area contributed by atoms with Crippen molar-refractivity contribution in [2.24, 2.45) is 0 Å². The average Bonchev–Trinajstić information content (AvgIpc) is 3.40. The van der Waals surface area contributed by atoms with E-state index >= 15 is 0 Å². The Balaban J connectivity index is 1.43. The molecule has 1 amide bonds. The van der Waals surface area contributed by atoms with Crippen LogP contribution in [0.5, 0.6) is 0 Å². The maximum atomic E-state index is 12.7. The molecule has 0 aliphatic carbocycles. The van der Waals surface area contributed by atoms with E-state index in [1.165, 1.54) is 0 Å². The summed E-state index contributed by atoms with van der Waals surface area (Å²) in [7, 11) is 0. The van der Waals surface area contributed by atoms with Crippen molar-refractivity contribution in [1.29, 1.82) is 0 Å². The summed E-state index contributed by atoms with van der Waals surface area (Å²) >= 11 is 1.65. The molecule has 1 saturated heterocycles. The highest BCUT2D eigenvalue weighted by molar-refractivity contribution is 7.13. The molecule has 0 spiro atoms. The predicted octanol–water partition coefficient (Wildman–Crippen LogP) is 3.04. The van der Waals surface area contributed by atoms with Crippen LogP contribution in [0, 0.1) is 6.92 Å². The van der Waals surface area contributed by atoms with Crippen LogP contribution in [-0.2, 0) is 0 Å². The molecule has 6 nitrogen and oxygen atoms in total. The van der Waals surface area contributed by atoms with Crippen LogP contribution in [0.25, 0.3) is 5.69 Å². The number of hydrogen-bond acceptors (Lipinski definition) is 5. The number of para-hydroxylation sites is 1. The van der Waals surface area contributed by atoms with E-state index < -0.39 is 0 Å². The molecule has 3 aromatic rings. The van der Waals surface area contributed by atoms with Crippen LogP contribution in [0.1, 0.15) is 28.9 Å². The van der Waals surface area contributed by atoms with Gasteiger partial charge in [0, 0.05) is 30.7 Å². The van der Waals surface area contributed by atoms with Gasteiger partial charge in [0.15, 0.2) is 5.13 Å². The molecule has 1 aromatic carbocycles. The Morgan fingerprint density at radius 2 is 2.19 bits per heavy atom. The smallest absolute Gasteiger partial charge is 0.254 e. The first kappa shape index (κ1) is 16.8. The Bertz CT molecular complexity index is 875. The van der Waals surface area contributed by atoms with Gasteiger partial charge in [-0.25, -0.2) is 9.67 Å². The molecule has 0 saturated carbocycles. The number of hydrogen-bond donors (Lipinski definition) is 1. The zero-order valence-electron chi connectivity index (χ0n) is 14.6. The zero-order chi connectivity index (χ0) is 17.9. The second-order valence-corrected chi connectivity index (χ2v) is 7.28. The first-order valence-corrected chi connectivity index (χ1v) is 9.66. The number of anilines is 1. The molecule has 1 atom stereocenters. The SMILES string of the molecule is Cc1c(C(=O)NC[C@@H]2CCCN2c2nccs2)cnn1-c1ccccc1. The molecule has 1 fully saturated rings. The van der Waals surface area contributed by atoms with Gasteiger partial charge in [0.05, 0.1) is 23.1 Å². The molecule has 3 heterocycles. The van der Waals surface area contributed by atoms with Crippen LogP contribution in [0.3, 0.4) is 0 Å². The summed E-state index contributed by atoms with van der Waals surface area (Å²) in [5.74, 6) is -0.0735. The van der Waals surface area contributed by atoms with Gasteiger partial charge in [-0.2, -0.15) is 5.10 Å². The molecule has 26 heavy (non-hydrogen) atoms. The molecule has 7 heteroatoms. The van der Waals surface area contributed by atoms with Crippen molar-refractivity contribution in [2.45, 2.75) is 25.8 Å². The summed E-state index contributed by atoms with van der Waals surface area (Å²) in [5.41, 5.74) is 2.42. The fourth-order valence-corrected chi connectivity index (χ4v) is 4.17. The second kappa shape index (κ2) is 7.29. The van der Waals surface area contributed by atoms with Gasteiger partial charge in [0.2, 0.25) is 0 Å². The topological polar surface area (TPSA) is 63.1 Å². The Hall–Kier alpha value is -2.67. The standard InChI is InChI=1S/C19H21N5OS/c1-14-17(13-22-24(14)15-6-3-2-4-7-15)18(25)21-12-16-8-5-10-23(16)19-20-9-11-26-19/h2-4,6-7,9,11,13,16H,5,8,10,12H2,1H3,(H,21,25)/t16-/m0/s1. The molecular formula is C19H21N5OS. The van der Waals surface area contributed by atoms with E-state index in [0.717, 1.165) is 35.9 Å². The maximum Gasteiger partial charge on any atom is 0.254 e. The quantitative estimate of drug-likeness (QED) is 0.753. The molecular weight excluding hydrogens is 346 g/mol. The van der Waals surface area contributed by atoms with Crippen molar-refractivity contribution < 1.29 is 4.79 Å². The Labute approximate surface area is 156 Å². The first-order valence-electron chi connectivity index (χ1n) is 8.78. The molecule has 0 radical (unpaired) electrons. The van der Waals surface area contributed by atoms with Crippen LogP contribution < -0.4 is 10.2 Å². The summed E-state index contributed by atoms with van der Waals surface area (Å²) in [6.07, 6.45) is 5.67. The highest BCUT2D eigenvalue weighted by Gasteiger charge is 2.27. The number of benzene rings is 1. The zero-order valence-corrected chi connectivity index (χ0v) is 15.4. The van der Waals surface area contributed by atoms with E-state index in [0.29, 0.717) is 18.2 Å². The van der Waals surface area contributed by atoms with Gasteiger partial charge in [-0.05, 0) is 31.9 Å². The highest BCUT2D eigenvalue weighted by Crippen LogP contribution is 2.26. The van der Waals surface area contributed by atoms with E-state index in [4.69, 9.17) is 0 Å². The fraction of sp³-hybridized carbons (Fsp3) is 0.316. The summed E-state index contributed by atoms with van der Waals surface area (Å²) in [6, 6.07) is 10.1. The predicted molar refractivity (Wildman–Crippen MR) is 103 cm³/mol. The molecule has 0 unspecified atom stereocenters. The van der Waals surface area contributed by atoms with E-state index in [1.807, 2.05) is 48.8 Å². The lowest BCUT2D eigenvalue weighted by Crippen LogP contribution is -2.40. The van der Waals surface area contributed by atoms with Crippen molar-refractivity contribution in [3.63, 3.8) is 0 Å². The van der Waals surface area contributed by atoms with Gasteiger partial charge in [-0.3, -0.25) is 4.79 Å². The summed E-state index contributed by atoms with van der Waals surface area (Å²) in [5, 5.41) is 10.5. The van der Waals surface area contributed by atoms with E-state index in [9.17, 15) is 4.79 Å². The molecule has 1 aliphatic heterocycles. The number of carbonyl (C=O) groups excluding carboxylic acids is 1. The van der Waals surface area contributed by atoms with Crippen LogP contribution >= 0.6 is 11.3 Å². The van der Waals surface area contributed by atoms with Crippen LogP contribution in [0.15, 0.2) is 48.1 Å². The van der Waals surface area contributed by atoms with Crippen molar-refractivity contribution in [3.8, 4) is 5.69 Å². The first-order chi connectivity index (χ1) is 12.7. The monoisotopic (exact) mass is 367 g/mol. The van der Waals surface area contributed by atoms with Gasteiger partial charge < -0.3 is 10.2 Å². The molecule has 4 rings (SSSR count). The number of thiazole rings is 1. The van der Waals surface area contributed by atoms with Crippen molar-refractivity contribution in [3.05, 3.63) is 59.4 Å².